The molecule has 0 N–H and O–H groups in total. The number of para-hydroxylation sites is 2. The predicted molar refractivity (Wildman–Crippen MR) is 89.9 cm³/mol. The summed E-state index contributed by atoms with van der Waals surface area (Å²) in [5.41, 5.74) is 2.11. The number of carbonyl (C=O) groups excluding carboxylic acids is 1. The molecule has 4 rings (SSSR count). The number of hydrogen-bond acceptors (Lipinski definition) is 3. The van der Waals surface area contributed by atoms with Gasteiger partial charge < -0.3 is 4.74 Å². The van der Waals surface area contributed by atoms with Gasteiger partial charge in [-0.1, -0.05) is 36.4 Å². The highest BCUT2D eigenvalue weighted by atomic mass is 16.5. The smallest absolute Gasteiger partial charge is 0.169 e. The molecular weight excluding hydrogens is 286 g/mol. The van der Waals surface area contributed by atoms with Crippen LogP contribution in [0.25, 0.3) is 10.9 Å². The van der Waals surface area contributed by atoms with E-state index in [0.717, 1.165) is 23.1 Å². The topological polar surface area (TPSA) is 39.2 Å². The maximum absolute atomic E-state index is 12.9. The van der Waals surface area contributed by atoms with Gasteiger partial charge in [-0.2, -0.15) is 0 Å². The van der Waals surface area contributed by atoms with Crippen molar-refractivity contribution in [3.8, 4) is 5.75 Å². The van der Waals surface area contributed by atoms with Crippen LogP contribution < -0.4 is 4.74 Å². The molecule has 1 aromatic heterocycles. The second-order valence-corrected chi connectivity index (χ2v) is 6.32. The van der Waals surface area contributed by atoms with Crippen molar-refractivity contribution >= 4 is 16.7 Å². The lowest BCUT2D eigenvalue weighted by Gasteiger charge is -2.23. The zero-order chi connectivity index (χ0) is 15.9. The molecule has 2 heterocycles. The summed E-state index contributed by atoms with van der Waals surface area (Å²) in [5, 5.41) is 0.985. The molecule has 1 aliphatic rings. The number of fused-ring (bicyclic) bond motifs is 2. The summed E-state index contributed by atoms with van der Waals surface area (Å²) in [4.78, 5) is 17.2. The number of rotatable bonds is 3. The zero-order valence-corrected chi connectivity index (χ0v) is 13.0. The largest absolute Gasteiger partial charge is 0.486 e. The van der Waals surface area contributed by atoms with Gasteiger partial charge in [0.1, 0.15) is 11.4 Å². The third-order valence-electron chi connectivity index (χ3n) is 4.36. The van der Waals surface area contributed by atoms with E-state index in [9.17, 15) is 4.79 Å². The molecule has 0 saturated carbocycles. The molecule has 0 aliphatic carbocycles. The number of hydrogen-bond donors (Lipinski definition) is 0. The fraction of sp³-hybridized carbons (Fsp3) is 0.200. The molecule has 0 unspecified atom stereocenters. The summed E-state index contributed by atoms with van der Waals surface area (Å²) in [5.74, 6) is 0.962. The van der Waals surface area contributed by atoms with Gasteiger partial charge in [0.05, 0.1) is 11.9 Å². The molecule has 3 nitrogen and oxygen atoms in total. The van der Waals surface area contributed by atoms with Gasteiger partial charge in [-0.3, -0.25) is 9.78 Å². The molecule has 0 spiro atoms. The van der Waals surface area contributed by atoms with E-state index in [1.54, 1.807) is 6.20 Å². The molecule has 114 valence electrons. The minimum Gasteiger partial charge on any atom is -0.486 e. The van der Waals surface area contributed by atoms with Crippen LogP contribution in [0.3, 0.4) is 0 Å². The van der Waals surface area contributed by atoms with Gasteiger partial charge in [0.15, 0.2) is 5.78 Å². The number of Topliss-reactive ketones (excluding diaryl/α,β-unsaturated/α-hetero) is 1. The average Bonchev–Trinajstić information content (AvgIpc) is 2.89. The molecule has 3 heteroatoms. The van der Waals surface area contributed by atoms with Crippen molar-refractivity contribution in [1.29, 1.82) is 0 Å². The van der Waals surface area contributed by atoms with Crippen LogP contribution >= 0.6 is 0 Å². The van der Waals surface area contributed by atoms with Crippen molar-refractivity contribution < 1.29 is 9.53 Å². The van der Waals surface area contributed by atoms with Crippen LogP contribution in [0, 0.1) is 0 Å². The van der Waals surface area contributed by atoms with Crippen LogP contribution in [-0.4, -0.2) is 16.4 Å². The Labute approximate surface area is 134 Å². The van der Waals surface area contributed by atoms with E-state index in [2.05, 4.69) is 11.1 Å². The molecule has 0 saturated heterocycles. The minimum atomic E-state index is -0.488. The maximum atomic E-state index is 12.9. The van der Waals surface area contributed by atoms with E-state index in [0.29, 0.717) is 12.0 Å². The second-order valence-electron chi connectivity index (χ2n) is 6.32. The molecule has 0 fully saturated rings. The number of ketones is 1. The summed E-state index contributed by atoms with van der Waals surface area (Å²) < 4.78 is 6.06. The van der Waals surface area contributed by atoms with Crippen molar-refractivity contribution in [2.45, 2.75) is 25.4 Å². The summed E-state index contributed by atoms with van der Waals surface area (Å²) in [6.45, 7) is 2.00. The van der Waals surface area contributed by atoms with E-state index < -0.39 is 5.60 Å². The third kappa shape index (κ3) is 2.48. The molecule has 1 aliphatic heterocycles. The predicted octanol–water partition coefficient (Wildman–Crippen LogP) is 4.20. The zero-order valence-electron chi connectivity index (χ0n) is 13.0. The van der Waals surface area contributed by atoms with Crippen molar-refractivity contribution in [2.24, 2.45) is 0 Å². The average molecular weight is 303 g/mol. The van der Waals surface area contributed by atoms with Gasteiger partial charge in [0.25, 0.3) is 0 Å². The highest BCUT2D eigenvalue weighted by Crippen LogP contribution is 2.37. The first-order valence-corrected chi connectivity index (χ1v) is 7.79. The molecular formula is C20H17NO2. The van der Waals surface area contributed by atoms with Crippen LogP contribution in [0.4, 0.5) is 0 Å². The van der Waals surface area contributed by atoms with E-state index in [4.69, 9.17) is 4.74 Å². The molecule has 2 aromatic carbocycles. The van der Waals surface area contributed by atoms with Crippen LogP contribution in [-0.2, 0) is 6.42 Å². The Morgan fingerprint density at radius 3 is 2.83 bits per heavy atom. The highest BCUT2D eigenvalue weighted by Gasteiger charge is 2.37. The summed E-state index contributed by atoms with van der Waals surface area (Å²) in [6.07, 6.45) is 2.83. The summed E-state index contributed by atoms with van der Waals surface area (Å²) >= 11 is 0. The lowest BCUT2D eigenvalue weighted by molar-refractivity contribution is 0.0744. The van der Waals surface area contributed by atoms with Gasteiger partial charge in [0, 0.05) is 23.6 Å². The van der Waals surface area contributed by atoms with Crippen molar-refractivity contribution in [1.82, 2.24) is 4.98 Å². The van der Waals surface area contributed by atoms with E-state index >= 15 is 0 Å². The Morgan fingerprint density at radius 2 is 1.96 bits per heavy atom. The van der Waals surface area contributed by atoms with E-state index in [1.165, 1.54) is 5.56 Å². The lowest BCUT2D eigenvalue weighted by atomic mass is 9.90. The Kier molecular flexibility index (Phi) is 3.15. The Morgan fingerprint density at radius 1 is 1.13 bits per heavy atom. The number of nitrogens with zero attached hydrogens (tertiary/aromatic N) is 1. The first kappa shape index (κ1) is 13.9. The molecule has 0 bridgehead atoms. The number of carbonyl (C=O) groups is 1. The number of aromatic nitrogens is 1. The Balaban J connectivity index is 1.63. The van der Waals surface area contributed by atoms with Gasteiger partial charge in [-0.25, -0.2) is 0 Å². The fourth-order valence-corrected chi connectivity index (χ4v) is 3.32. The summed E-state index contributed by atoms with van der Waals surface area (Å²) in [6, 6.07) is 17.6. The number of benzene rings is 2. The molecule has 1 atom stereocenters. The van der Waals surface area contributed by atoms with Gasteiger partial charge in [-0.15, -0.1) is 0 Å². The lowest BCUT2D eigenvalue weighted by Crippen LogP contribution is -2.33. The SMILES string of the molecule is C[C@]1(CC(=O)c2cccc3cccnc23)Cc2ccccc2O1. The Hall–Kier alpha value is -2.68. The quantitative estimate of drug-likeness (QED) is 0.681. The van der Waals surface area contributed by atoms with Crippen LogP contribution in [0.5, 0.6) is 5.75 Å². The first-order valence-electron chi connectivity index (χ1n) is 7.79. The fourth-order valence-electron chi connectivity index (χ4n) is 3.32. The molecule has 3 aromatic rings. The van der Waals surface area contributed by atoms with E-state index in [1.807, 2.05) is 55.5 Å². The second kappa shape index (κ2) is 5.20. The highest BCUT2D eigenvalue weighted by molar-refractivity contribution is 6.07. The van der Waals surface area contributed by atoms with Crippen molar-refractivity contribution in [3.05, 3.63) is 71.9 Å². The van der Waals surface area contributed by atoms with Crippen molar-refractivity contribution in [2.75, 3.05) is 0 Å². The maximum Gasteiger partial charge on any atom is 0.169 e. The molecule has 23 heavy (non-hydrogen) atoms. The normalized spacial score (nSPS) is 19.3. The Bertz CT molecular complexity index is 871. The molecule has 0 radical (unpaired) electrons. The summed E-state index contributed by atoms with van der Waals surface area (Å²) in [7, 11) is 0. The standard InChI is InChI=1S/C20H17NO2/c1-20(12-15-6-2-3-10-18(15)23-20)13-17(22)16-9-4-7-14-8-5-11-21-19(14)16/h2-11H,12-13H2,1H3/t20-/m1/s1. The first-order chi connectivity index (χ1) is 11.1. The third-order valence-corrected chi connectivity index (χ3v) is 4.36. The van der Waals surface area contributed by atoms with Gasteiger partial charge in [-0.05, 0) is 30.7 Å². The van der Waals surface area contributed by atoms with Crippen LogP contribution in [0.15, 0.2) is 60.8 Å². The monoisotopic (exact) mass is 303 g/mol. The van der Waals surface area contributed by atoms with E-state index in [-0.39, 0.29) is 5.78 Å². The van der Waals surface area contributed by atoms with Gasteiger partial charge >= 0.3 is 0 Å². The van der Waals surface area contributed by atoms with Gasteiger partial charge in [0.2, 0.25) is 0 Å². The number of pyridine rings is 1. The van der Waals surface area contributed by atoms with Crippen LogP contribution in [0.2, 0.25) is 0 Å². The van der Waals surface area contributed by atoms with Crippen molar-refractivity contribution in [3.63, 3.8) is 0 Å². The van der Waals surface area contributed by atoms with Crippen LogP contribution in [0.1, 0.15) is 29.3 Å². The minimum absolute atomic E-state index is 0.0737. The molecule has 0 amide bonds. The number of ether oxygens (including phenoxy) is 1.